The lowest BCUT2D eigenvalue weighted by atomic mass is 9.65. The number of Topliss-reactive ketones (excluding diaryl/α,β-unsaturated/α-hetero) is 2. The average molecular weight is 254 g/mol. The van der Waals surface area contributed by atoms with Crippen LogP contribution in [0.15, 0.2) is 47.6 Å². The molecule has 0 amide bonds. The van der Waals surface area contributed by atoms with Gasteiger partial charge < -0.3 is 4.74 Å². The minimum absolute atomic E-state index is 0.00611. The van der Waals surface area contributed by atoms with Crippen LogP contribution in [0.5, 0.6) is 0 Å². The van der Waals surface area contributed by atoms with Gasteiger partial charge in [0, 0.05) is 12.5 Å². The molecule has 3 aliphatic carbocycles. The molecule has 0 aromatic heterocycles. The first-order valence-corrected chi connectivity index (χ1v) is 6.73. The van der Waals surface area contributed by atoms with E-state index >= 15 is 0 Å². The Bertz CT molecular complexity index is 591. The molecule has 0 aromatic rings. The number of fused-ring (bicyclic) bond motifs is 5. The molecule has 4 aliphatic rings. The van der Waals surface area contributed by atoms with Gasteiger partial charge in [0.15, 0.2) is 0 Å². The van der Waals surface area contributed by atoms with Gasteiger partial charge in [-0.2, -0.15) is 0 Å². The first-order valence-electron chi connectivity index (χ1n) is 6.73. The molecule has 3 nitrogen and oxygen atoms in total. The Morgan fingerprint density at radius 3 is 2.89 bits per heavy atom. The van der Waals surface area contributed by atoms with E-state index in [1.54, 1.807) is 0 Å². The van der Waals surface area contributed by atoms with E-state index in [1.165, 1.54) is 0 Å². The largest absolute Gasteiger partial charge is 0.373 e. The molecule has 4 unspecified atom stereocenters. The van der Waals surface area contributed by atoms with Crippen molar-refractivity contribution in [2.75, 3.05) is 6.61 Å². The number of carbonyl (C=O) groups is 2. The smallest absolute Gasteiger partial charge is 0.206 e. The molecule has 1 saturated carbocycles. The van der Waals surface area contributed by atoms with Crippen molar-refractivity contribution >= 4 is 11.6 Å². The van der Waals surface area contributed by atoms with Gasteiger partial charge in [-0.1, -0.05) is 36.5 Å². The maximum Gasteiger partial charge on any atom is 0.206 e. The molecule has 1 aliphatic heterocycles. The van der Waals surface area contributed by atoms with Crippen molar-refractivity contribution in [2.45, 2.75) is 12.5 Å². The highest BCUT2D eigenvalue weighted by Crippen LogP contribution is 2.45. The van der Waals surface area contributed by atoms with Gasteiger partial charge in [0.25, 0.3) is 0 Å². The van der Waals surface area contributed by atoms with Crippen LogP contribution < -0.4 is 0 Å². The number of hydrogen-bond acceptors (Lipinski definition) is 3. The highest BCUT2D eigenvalue weighted by molar-refractivity contribution is 6.40. The standard InChI is InChI=1S/C16H14O3/c17-14-12-7-8-19-16(12)11-6-5-9-3-1-2-4-10(9)13(11)15(14)18/h1-6,10,12-13,16H,7-8H2. The molecule has 0 spiro atoms. The Hall–Kier alpha value is -1.74. The van der Waals surface area contributed by atoms with E-state index in [2.05, 4.69) is 6.08 Å². The molecule has 4 rings (SSSR count). The summed E-state index contributed by atoms with van der Waals surface area (Å²) in [5.41, 5.74) is 2.11. The van der Waals surface area contributed by atoms with Crippen LogP contribution in [0.2, 0.25) is 0 Å². The molecule has 3 heteroatoms. The highest BCUT2D eigenvalue weighted by Gasteiger charge is 2.52. The fourth-order valence-corrected chi connectivity index (χ4v) is 3.66. The fraction of sp³-hybridized carbons (Fsp3) is 0.375. The van der Waals surface area contributed by atoms with E-state index in [-0.39, 0.29) is 35.4 Å². The molecule has 0 N–H and O–H groups in total. The number of ketones is 2. The molecular weight excluding hydrogens is 240 g/mol. The summed E-state index contributed by atoms with van der Waals surface area (Å²) in [5.74, 6) is -1.03. The van der Waals surface area contributed by atoms with Gasteiger partial charge in [-0.15, -0.1) is 0 Å². The third-order valence-electron chi connectivity index (χ3n) is 4.57. The predicted octanol–water partition coefficient (Wildman–Crippen LogP) is 1.77. The van der Waals surface area contributed by atoms with Crippen molar-refractivity contribution in [1.82, 2.24) is 0 Å². The number of hydrogen-bond donors (Lipinski definition) is 0. The van der Waals surface area contributed by atoms with E-state index in [1.807, 2.05) is 30.4 Å². The third-order valence-corrected chi connectivity index (χ3v) is 4.57. The van der Waals surface area contributed by atoms with Crippen LogP contribution in [0, 0.1) is 17.8 Å². The second-order valence-corrected chi connectivity index (χ2v) is 5.50. The van der Waals surface area contributed by atoms with Gasteiger partial charge >= 0.3 is 0 Å². The number of carbonyl (C=O) groups excluding carboxylic acids is 2. The monoisotopic (exact) mass is 254 g/mol. The summed E-state index contributed by atoms with van der Waals surface area (Å²) in [4.78, 5) is 24.6. The predicted molar refractivity (Wildman–Crippen MR) is 69.3 cm³/mol. The normalized spacial score (nSPS) is 39.4. The number of ether oxygens (including phenoxy) is 1. The highest BCUT2D eigenvalue weighted by atomic mass is 16.5. The van der Waals surface area contributed by atoms with Crippen molar-refractivity contribution in [3.63, 3.8) is 0 Å². The van der Waals surface area contributed by atoms with E-state index in [0.717, 1.165) is 11.1 Å². The zero-order valence-electron chi connectivity index (χ0n) is 10.4. The van der Waals surface area contributed by atoms with Crippen molar-refractivity contribution < 1.29 is 14.3 Å². The Morgan fingerprint density at radius 1 is 1.11 bits per heavy atom. The zero-order valence-corrected chi connectivity index (χ0v) is 10.4. The first-order chi connectivity index (χ1) is 9.27. The Morgan fingerprint density at radius 2 is 2.00 bits per heavy atom. The lowest BCUT2D eigenvalue weighted by Crippen LogP contribution is -2.47. The Balaban J connectivity index is 1.84. The minimum atomic E-state index is -0.340. The van der Waals surface area contributed by atoms with Crippen LogP contribution in [0.4, 0.5) is 0 Å². The van der Waals surface area contributed by atoms with Gasteiger partial charge in [0.05, 0.1) is 17.9 Å². The average Bonchev–Trinajstić information content (AvgIpc) is 2.93. The molecule has 0 aromatic carbocycles. The van der Waals surface area contributed by atoms with Crippen LogP contribution >= 0.6 is 0 Å². The van der Waals surface area contributed by atoms with E-state index in [4.69, 9.17) is 4.74 Å². The Labute approximate surface area is 111 Å². The van der Waals surface area contributed by atoms with E-state index < -0.39 is 0 Å². The molecule has 96 valence electrons. The second kappa shape index (κ2) is 3.87. The fourth-order valence-electron chi connectivity index (χ4n) is 3.66. The van der Waals surface area contributed by atoms with Gasteiger partial charge in [-0.3, -0.25) is 9.59 Å². The van der Waals surface area contributed by atoms with Crippen molar-refractivity contribution in [3.8, 4) is 0 Å². The van der Waals surface area contributed by atoms with Gasteiger partial charge in [0.1, 0.15) is 0 Å². The van der Waals surface area contributed by atoms with Crippen molar-refractivity contribution in [2.24, 2.45) is 17.8 Å². The van der Waals surface area contributed by atoms with Gasteiger partial charge in [-0.25, -0.2) is 0 Å². The van der Waals surface area contributed by atoms with E-state index in [0.29, 0.717) is 13.0 Å². The zero-order chi connectivity index (χ0) is 13.0. The molecule has 4 atom stereocenters. The summed E-state index contributed by atoms with van der Waals surface area (Å²) >= 11 is 0. The van der Waals surface area contributed by atoms with Crippen LogP contribution in [0.25, 0.3) is 0 Å². The first kappa shape index (κ1) is 11.1. The molecule has 0 bridgehead atoms. The van der Waals surface area contributed by atoms with Crippen LogP contribution in [0.1, 0.15) is 6.42 Å². The van der Waals surface area contributed by atoms with Crippen LogP contribution in [-0.2, 0) is 14.3 Å². The maximum atomic E-state index is 12.4. The maximum absolute atomic E-state index is 12.4. The minimum Gasteiger partial charge on any atom is -0.373 e. The molecular formula is C16H14O3. The summed E-state index contributed by atoms with van der Waals surface area (Å²) in [5, 5.41) is 0. The van der Waals surface area contributed by atoms with Crippen LogP contribution in [0.3, 0.4) is 0 Å². The van der Waals surface area contributed by atoms with Crippen molar-refractivity contribution in [3.05, 3.63) is 47.6 Å². The summed E-state index contributed by atoms with van der Waals surface area (Å²) in [6.45, 7) is 0.579. The van der Waals surface area contributed by atoms with Crippen LogP contribution in [-0.4, -0.2) is 24.3 Å². The molecule has 1 heterocycles. The lowest BCUT2D eigenvalue weighted by molar-refractivity contribution is -0.144. The quantitative estimate of drug-likeness (QED) is 0.619. The van der Waals surface area contributed by atoms with Gasteiger partial charge in [0.2, 0.25) is 11.6 Å². The second-order valence-electron chi connectivity index (χ2n) is 5.50. The lowest BCUT2D eigenvalue weighted by Gasteiger charge is -2.38. The summed E-state index contributed by atoms with van der Waals surface area (Å²) in [6, 6.07) is 0. The topological polar surface area (TPSA) is 43.4 Å². The van der Waals surface area contributed by atoms with E-state index in [9.17, 15) is 9.59 Å². The molecule has 2 fully saturated rings. The summed E-state index contributed by atoms with van der Waals surface area (Å²) in [7, 11) is 0. The van der Waals surface area contributed by atoms with Crippen molar-refractivity contribution in [1.29, 1.82) is 0 Å². The van der Waals surface area contributed by atoms with Gasteiger partial charge in [-0.05, 0) is 17.6 Å². The Kier molecular flexibility index (Phi) is 2.27. The molecule has 1 saturated heterocycles. The molecule has 0 radical (unpaired) electrons. The number of rotatable bonds is 0. The SMILES string of the molecule is O=C1C(=O)C2C(=CC=C3C=CC=CC32)C2OCCC12. The third kappa shape index (κ3) is 1.42. The summed E-state index contributed by atoms with van der Waals surface area (Å²) < 4.78 is 5.71. The summed E-state index contributed by atoms with van der Waals surface area (Å²) in [6.07, 6.45) is 12.5. The molecule has 19 heavy (non-hydrogen) atoms. The number of allylic oxidation sites excluding steroid dienone is 7.